The van der Waals surface area contributed by atoms with Crippen LogP contribution in [0, 0.1) is 16.0 Å². The van der Waals surface area contributed by atoms with Crippen molar-refractivity contribution in [1.82, 2.24) is 5.32 Å². The van der Waals surface area contributed by atoms with Gasteiger partial charge in [-0.2, -0.15) is 0 Å². The number of hydrogen-bond donors (Lipinski definition) is 2. The standard InChI is InChI=1S/C17H18N2O3S/c20-11-12-5-6-13(9-12)18-10-14-7-8-17(23-14)15-3-1-2-4-16(15)19(21)22/h1-8,12-13,18,20H,9-11H2/t12-,13+/m0/s1. The number of thiophene rings is 1. The summed E-state index contributed by atoms with van der Waals surface area (Å²) in [6, 6.07) is 11.0. The van der Waals surface area contributed by atoms with Crippen molar-refractivity contribution in [3.63, 3.8) is 0 Å². The Kier molecular flexibility index (Phi) is 4.85. The number of nitro groups is 1. The van der Waals surface area contributed by atoms with Gasteiger partial charge in [0, 0.05) is 40.9 Å². The monoisotopic (exact) mass is 330 g/mol. The van der Waals surface area contributed by atoms with Gasteiger partial charge >= 0.3 is 0 Å². The van der Waals surface area contributed by atoms with Crippen molar-refractivity contribution < 1.29 is 10.0 Å². The molecule has 120 valence electrons. The summed E-state index contributed by atoms with van der Waals surface area (Å²) in [6.07, 6.45) is 5.06. The fraction of sp³-hybridized carbons (Fsp3) is 0.294. The van der Waals surface area contributed by atoms with Crippen LogP contribution in [0.4, 0.5) is 5.69 Å². The maximum atomic E-state index is 11.1. The molecule has 2 aromatic rings. The van der Waals surface area contributed by atoms with Gasteiger partial charge in [-0.15, -0.1) is 11.3 Å². The molecule has 0 radical (unpaired) electrons. The van der Waals surface area contributed by atoms with Gasteiger partial charge in [0.15, 0.2) is 0 Å². The van der Waals surface area contributed by atoms with E-state index in [4.69, 9.17) is 5.11 Å². The lowest BCUT2D eigenvalue weighted by molar-refractivity contribution is -0.384. The summed E-state index contributed by atoms with van der Waals surface area (Å²) in [6.45, 7) is 0.911. The van der Waals surface area contributed by atoms with Gasteiger partial charge in [0.05, 0.1) is 10.5 Å². The third-order valence-electron chi connectivity index (χ3n) is 3.97. The largest absolute Gasteiger partial charge is 0.396 e. The molecule has 0 spiro atoms. The van der Waals surface area contributed by atoms with Crippen LogP contribution in [-0.2, 0) is 6.54 Å². The van der Waals surface area contributed by atoms with E-state index in [0.29, 0.717) is 5.56 Å². The maximum absolute atomic E-state index is 11.1. The Morgan fingerprint density at radius 3 is 2.83 bits per heavy atom. The second kappa shape index (κ2) is 7.04. The van der Waals surface area contributed by atoms with Crippen molar-refractivity contribution in [3.8, 4) is 10.4 Å². The summed E-state index contributed by atoms with van der Waals surface area (Å²) < 4.78 is 0. The summed E-state index contributed by atoms with van der Waals surface area (Å²) in [7, 11) is 0. The number of nitro benzene ring substituents is 1. The Morgan fingerprint density at radius 2 is 2.09 bits per heavy atom. The van der Waals surface area contributed by atoms with Crippen LogP contribution in [0.2, 0.25) is 0 Å². The van der Waals surface area contributed by atoms with E-state index < -0.39 is 0 Å². The van der Waals surface area contributed by atoms with Crippen LogP contribution in [0.25, 0.3) is 10.4 Å². The van der Waals surface area contributed by atoms with Crippen LogP contribution in [-0.4, -0.2) is 22.7 Å². The van der Waals surface area contributed by atoms with Crippen molar-refractivity contribution >= 4 is 17.0 Å². The molecule has 5 nitrogen and oxygen atoms in total. The van der Waals surface area contributed by atoms with Crippen LogP contribution in [0.1, 0.15) is 11.3 Å². The molecule has 3 rings (SSSR count). The normalized spacial score (nSPS) is 20.0. The Labute approximate surface area is 138 Å². The fourth-order valence-electron chi connectivity index (χ4n) is 2.75. The Morgan fingerprint density at radius 1 is 1.26 bits per heavy atom. The number of rotatable bonds is 6. The van der Waals surface area contributed by atoms with Gasteiger partial charge in [-0.05, 0) is 24.6 Å². The smallest absolute Gasteiger partial charge is 0.278 e. The quantitative estimate of drug-likeness (QED) is 0.484. The zero-order valence-electron chi connectivity index (χ0n) is 12.5. The third kappa shape index (κ3) is 3.67. The van der Waals surface area contributed by atoms with Crippen LogP contribution in [0.15, 0.2) is 48.6 Å². The molecule has 2 atom stereocenters. The molecule has 0 unspecified atom stereocenters. The summed E-state index contributed by atoms with van der Waals surface area (Å²) in [5.41, 5.74) is 0.799. The van der Waals surface area contributed by atoms with Gasteiger partial charge in [-0.25, -0.2) is 0 Å². The highest BCUT2D eigenvalue weighted by atomic mass is 32.1. The first-order valence-corrected chi connectivity index (χ1v) is 8.34. The van der Waals surface area contributed by atoms with Gasteiger partial charge in [-0.3, -0.25) is 10.1 Å². The average molecular weight is 330 g/mol. The summed E-state index contributed by atoms with van der Waals surface area (Å²) in [4.78, 5) is 12.8. The highest BCUT2D eigenvalue weighted by Gasteiger charge is 2.18. The second-order valence-corrected chi connectivity index (χ2v) is 6.76. The maximum Gasteiger partial charge on any atom is 0.278 e. The SMILES string of the molecule is O=[N+]([O-])c1ccccc1-c1ccc(CN[C@@H]2C=C[C@H](CO)C2)s1. The highest BCUT2D eigenvalue weighted by molar-refractivity contribution is 7.15. The number of nitrogens with zero attached hydrogens (tertiary/aromatic N) is 1. The minimum Gasteiger partial charge on any atom is -0.396 e. The number of aliphatic hydroxyl groups excluding tert-OH is 1. The van der Waals surface area contributed by atoms with E-state index in [0.717, 1.165) is 22.7 Å². The molecule has 1 heterocycles. The molecule has 0 saturated carbocycles. The number of benzene rings is 1. The minimum atomic E-state index is -0.342. The summed E-state index contributed by atoms with van der Waals surface area (Å²) >= 11 is 1.57. The first-order valence-electron chi connectivity index (χ1n) is 7.52. The summed E-state index contributed by atoms with van der Waals surface area (Å²) in [5, 5.41) is 23.7. The van der Waals surface area contributed by atoms with Crippen LogP contribution in [0.5, 0.6) is 0 Å². The van der Waals surface area contributed by atoms with Crippen LogP contribution >= 0.6 is 11.3 Å². The van der Waals surface area contributed by atoms with E-state index in [-0.39, 0.29) is 29.2 Å². The molecule has 6 heteroatoms. The van der Waals surface area contributed by atoms with E-state index in [1.165, 1.54) is 6.07 Å². The van der Waals surface area contributed by atoms with E-state index in [2.05, 4.69) is 11.4 Å². The Bertz CT molecular complexity index is 726. The molecular formula is C17H18N2O3S. The summed E-state index contributed by atoms with van der Waals surface area (Å²) in [5.74, 6) is 0.248. The number of para-hydroxylation sites is 1. The third-order valence-corrected chi connectivity index (χ3v) is 5.09. The first-order chi connectivity index (χ1) is 11.2. The highest BCUT2D eigenvalue weighted by Crippen LogP contribution is 2.34. The van der Waals surface area contributed by atoms with Crippen molar-refractivity contribution in [2.45, 2.75) is 19.0 Å². The average Bonchev–Trinajstić information content (AvgIpc) is 3.22. The van der Waals surface area contributed by atoms with E-state index >= 15 is 0 Å². The van der Waals surface area contributed by atoms with E-state index in [1.807, 2.05) is 24.3 Å². The first kappa shape index (κ1) is 15.9. The molecule has 1 aromatic heterocycles. The second-order valence-electron chi connectivity index (χ2n) is 5.59. The molecule has 0 fully saturated rings. The molecule has 23 heavy (non-hydrogen) atoms. The fourth-order valence-corrected chi connectivity index (χ4v) is 3.74. The molecule has 0 aliphatic heterocycles. The van der Waals surface area contributed by atoms with Crippen LogP contribution in [0.3, 0.4) is 0 Å². The Balaban J connectivity index is 1.67. The van der Waals surface area contributed by atoms with Gasteiger partial charge < -0.3 is 10.4 Å². The molecule has 0 bridgehead atoms. The Hall–Kier alpha value is -2.02. The molecule has 1 aliphatic carbocycles. The molecule has 2 N–H and O–H groups in total. The van der Waals surface area contributed by atoms with Crippen LogP contribution < -0.4 is 5.32 Å². The van der Waals surface area contributed by atoms with Gasteiger partial charge in [0.2, 0.25) is 0 Å². The molecule has 0 saturated heterocycles. The lowest BCUT2D eigenvalue weighted by Crippen LogP contribution is -2.25. The molecule has 1 aromatic carbocycles. The van der Waals surface area contributed by atoms with E-state index in [1.54, 1.807) is 23.5 Å². The lowest BCUT2D eigenvalue weighted by atomic mass is 10.1. The van der Waals surface area contributed by atoms with Crippen molar-refractivity contribution in [3.05, 3.63) is 63.5 Å². The van der Waals surface area contributed by atoms with Crippen molar-refractivity contribution in [2.24, 2.45) is 5.92 Å². The van der Waals surface area contributed by atoms with Crippen molar-refractivity contribution in [1.29, 1.82) is 0 Å². The lowest BCUT2D eigenvalue weighted by Gasteiger charge is -2.11. The van der Waals surface area contributed by atoms with Gasteiger partial charge in [0.25, 0.3) is 5.69 Å². The topological polar surface area (TPSA) is 75.4 Å². The molecule has 1 aliphatic rings. The van der Waals surface area contributed by atoms with Crippen molar-refractivity contribution in [2.75, 3.05) is 6.61 Å². The predicted molar refractivity (Wildman–Crippen MR) is 91.4 cm³/mol. The van der Waals surface area contributed by atoms with Gasteiger partial charge in [-0.1, -0.05) is 24.3 Å². The number of nitrogens with one attached hydrogen (secondary N) is 1. The zero-order chi connectivity index (χ0) is 16.2. The minimum absolute atomic E-state index is 0.137. The number of aliphatic hydroxyl groups is 1. The zero-order valence-corrected chi connectivity index (χ0v) is 13.3. The molecular weight excluding hydrogens is 312 g/mol. The molecule has 0 amide bonds. The van der Waals surface area contributed by atoms with E-state index in [9.17, 15) is 10.1 Å². The van der Waals surface area contributed by atoms with Gasteiger partial charge in [0.1, 0.15) is 0 Å². The number of hydrogen-bond acceptors (Lipinski definition) is 5. The predicted octanol–water partition coefficient (Wildman–Crippen LogP) is 3.35.